The molecule has 6 heteroatoms. The van der Waals surface area contributed by atoms with Crippen LogP contribution < -0.4 is 20.1 Å². The Kier molecular flexibility index (Phi) is 8.78. The van der Waals surface area contributed by atoms with Gasteiger partial charge in [-0.2, -0.15) is 0 Å². The molecular formula is C22H30N2O4. The quantitative estimate of drug-likeness (QED) is 0.552. The predicted molar refractivity (Wildman–Crippen MR) is 111 cm³/mol. The summed E-state index contributed by atoms with van der Waals surface area (Å²) in [7, 11) is 0. The van der Waals surface area contributed by atoms with E-state index in [4.69, 9.17) is 9.47 Å². The van der Waals surface area contributed by atoms with Gasteiger partial charge in [-0.1, -0.05) is 30.7 Å². The zero-order valence-electron chi connectivity index (χ0n) is 16.8. The minimum atomic E-state index is -0.231. The monoisotopic (exact) mass is 386 g/mol. The Balaban J connectivity index is 1.95. The Morgan fingerprint density at radius 2 is 1.82 bits per heavy atom. The highest BCUT2D eigenvalue weighted by molar-refractivity contribution is 5.91. The lowest BCUT2D eigenvalue weighted by Gasteiger charge is -2.16. The van der Waals surface area contributed by atoms with Crippen molar-refractivity contribution < 1.29 is 19.4 Å². The molecule has 1 amide bonds. The van der Waals surface area contributed by atoms with Crippen LogP contribution in [0, 0.1) is 6.92 Å². The Morgan fingerprint density at radius 1 is 1.07 bits per heavy atom. The molecule has 0 saturated heterocycles. The van der Waals surface area contributed by atoms with Crippen molar-refractivity contribution in [2.75, 3.05) is 25.1 Å². The van der Waals surface area contributed by atoms with Gasteiger partial charge in [-0.3, -0.25) is 4.79 Å². The van der Waals surface area contributed by atoms with Gasteiger partial charge < -0.3 is 25.2 Å². The predicted octanol–water partition coefficient (Wildman–Crippen LogP) is 3.27. The molecule has 0 bridgehead atoms. The van der Waals surface area contributed by atoms with Gasteiger partial charge in [0.2, 0.25) is 0 Å². The number of nitrogens with one attached hydrogen (secondary N) is 2. The fourth-order valence-electron chi connectivity index (χ4n) is 2.63. The largest absolute Gasteiger partial charge is 0.490 e. The third-order valence-electron chi connectivity index (χ3n) is 4.31. The van der Waals surface area contributed by atoms with Gasteiger partial charge >= 0.3 is 0 Å². The van der Waals surface area contributed by atoms with Crippen molar-refractivity contribution in [2.24, 2.45) is 0 Å². The smallest absolute Gasteiger partial charge is 0.262 e. The van der Waals surface area contributed by atoms with Crippen LogP contribution >= 0.6 is 0 Å². The van der Waals surface area contributed by atoms with Gasteiger partial charge in [0.15, 0.2) is 18.1 Å². The van der Waals surface area contributed by atoms with Crippen LogP contribution in [0.1, 0.15) is 31.4 Å². The summed E-state index contributed by atoms with van der Waals surface area (Å²) < 4.78 is 11.3. The number of aliphatic hydroxyl groups excluding tert-OH is 1. The Labute approximate surface area is 166 Å². The number of hydrogen-bond donors (Lipinski definition) is 3. The molecule has 2 aromatic rings. The van der Waals surface area contributed by atoms with Gasteiger partial charge in [-0.15, -0.1) is 0 Å². The molecule has 0 spiro atoms. The molecule has 0 saturated carbocycles. The fraction of sp³-hybridized carbons (Fsp3) is 0.409. The third kappa shape index (κ3) is 6.87. The maximum absolute atomic E-state index is 12.1. The summed E-state index contributed by atoms with van der Waals surface area (Å²) in [5, 5.41) is 15.4. The van der Waals surface area contributed by atoms with Crippen molar-refractivity contribution in [3.63, 3.8) is 0 Å². The molecule has 1 atom stereocenters. The van der Waals surface area contributed by atoms with E-state index >= 15 is 0 Å². The fourth-order valence-corrected chi connectivity index (χ4v) is 2.63. The van der Waals surface area contributed by atoms with Gasteiger partial charge in [-0.25, -0.2) is 0 Å². The summed E-state index contributed by atoms with van der Waals surface area (Å²) >= 11 is 0. The van der Waals surface area contributed by atoms with Crippen molar-refractivity contribution in [1.29, 1.82) is 0 Å². The van der Waals surface area contributed by atoms with E-state index in [2.05, 4.69) is 10.6 Å². The number of aryl methyl sites for hydroxylation is 1. The molecule has 0 heterocycles. The minimum absolute atomic E-state index is 0.0666. The molecule has 0 aliphatic heterocycles. The molecule has 0 radical (unpaired) electrons. The number of hydrogen-bond acceptors (Lipinski definition) is 5. The number of rotatable bonds is 11. The molecule has 152 valence electrons. The van der Waals surface area contributed by atoms with E-state index in [1.165, 1.54) is 0 Å². The lowest BCUT2D eigenvalue weighted by atomic mass is 10.1. The maximum Gasteiger partial charge on any atom is 0.262 e. The van der Waals surface area contributed by atoms with Crippen LogP contribution in [0.2, 0.25) is 0 Å². The Morgan fingerprint density at radius 3 is 2.46 bits per heavy atom. The number of anilines is 1. The van der Waals surface area contributed by atoms with Crippen LogP contribution in [-0.4, -0.2) is 36.9 Å². The van der Waals surface area contributed by atoms with E-state index < -0.39 is 0 Å². The number of carbonyl (C=O) groups excluding carboxylic acids is 1. The van der Waals surface area contributed by atoms with Gasteiger partial charge in [0.25, 0.3) is 5.91 Å². The summed E-state index contributed by atoms with van der Waals surface area (Å²) in [6.07, 6.45) is 0.853. The minimum Gasteiger partial charge on any atom is -0.490 e. The summed E-state index contributed by atoms with van der Waals surface area (Å²) in [6, 6.07) is 13.3. The van der Waals surface area contributed by atoms with E-state index in [9.17, 15) is 9.90 Å². The second kappa shape index (κ2) is 11.3. The molecule has 2 rings (SSSR count). The van der Waals surface area contributed by atoms with Crippen LogP contribution in [0.4, 0.5) is 5.69 Å². The van der Waals surface area contributed by atoms with E-state index in [1.54, 1.807) is 6.07 Å². The van der Waals surface area contributed by atoms with Crippen molar-refractivity contribution in [1.82, 2.24) is 5.32 Å². The average Bonchev–Trinajstić information content (AvgIpc) is 2.70. The van der Waals surface area contributed by atoms with Gasteiger partial charge in [0.1, 0.15) is 0 Å². The third-order valence-corrected chi connectivity index (χ3v) is 4.31. The highest BCUT2D eigenvalue weighted by Gasteiger charge is 2.11. The SMILES string of the molecule is CCOc1cc(CN[C@H](CC)CO)ccc1OCC(=O)Nc1ccc(C)cc1. The highest BCUT2D eigenvalue weighted by Crippen LogP contribution is 2.28. The average molecular weight is 386 g/mol. The van der Waals surface area contributed by atoms with Gasteiger partial charge in [0.05, 0.1) is 13.2 Å². The zero-order chi connectivity index (χ0) is 20.4. The number of ether oxygens (including phenoxy) is 2. The number of carbonyl (C=O) groups is 1. The number of aliphatic hydroxyl groups is 1. The first-order valence-corrected chi connectivity index (χ1v) is 9.65. The normalized spacial score (nSPS) is 11.7. The summed E-state index contributed by atoms with van der Waals surface area (Å²) in [6.45, 7) is 7.04. The lowest BCUT2D eigenvalue weighted by Crippen LogP contribution is -2.31. The second-order valence-electron chi connectivity index (χ2n) is 6.59. The number of amides is 1. The molecule has 0 aliphatic carbocycles. The molecule has 0 aliphatic rings. The first-order valence-electron chi connectivity index (χ1n) is 9.65. The molecule has 28 heavy (non-hydrogen) atoms. The van der Waals surface area contributed by atoms with E-state index in [0.29, 0.717) is 24.7 Å². The summed E-state index contributed by atoms with van der Waals surface area (Å²) in [5.41, 5.74) is 2.89. The van der Waals surface area contributed by atoms with Crippen molar-refractivity contribution in [3.05, 3.63) is 53.6 Å². The van der Waals surface area contributed by atoms with Gasteiger partial charge in [0, 0.05) is 18.3 Å². The first kappa shape index (κ1) is 21.7. The second-order valence-corrected chi connectivity index (χ2v) is 6.59. The Hall–Kier alpha value is -2.57. The molecule has 2 aromatic carbocycles. The molecule has 6 nitrogen and oxygen atoms in total. The molecule has 0 unspecified atom stereocenters. The van der Waals surface area contributed by atoms with Crippen LogP contribution in [0.15, 0.2) is 42.5 Å². The standard InChI is InChI=1S/C22H30N2O4/c1-4-18(14-25)23-13-17-8-11-20(21(12-17)27-5-2)28-15-22(26)24-19-9-6-16(3)7-10-19/h6-12,18,23,25H,4-5,13-15H2,1-3H3,(H,24,26)/t18-/m1/s1. The van der Waals surface area contributed by atoms with Crippen molar-refractivity contribution >= 4 is 11.6 Å². The van der Waals surface area contributed by atoms with E-state index in [-0.39, 0.29) is 25.2 Å². The maximum atomic E-state index is 12.1. The topological polar surface area (TPSA) is 79.8 Å². The molecule has 0 aromatic heterocycles. The van der Waals surface area contributed by atoms with Crippen molar-refractivity contribution in [2.45, 2.75) is 39.8 Å². The summed E-state index contributed by atoms with van der Waals surface area (Å²) in [5.74, 6) is 0.895. The summed E-state index contributed by atoms with van der Waals surface area (Å²) in [4.78, 5) is 12.1. The van der Waals surface area contributed by atoms with E-state index in [0.717, 1.165) is 23.2 Å². The molecular weight excluding hydrogens is 356 g/mol. The lowest BCUT2D eigenvalue weighted by molar-refractivity contribution is -0.118. The van der Waals surface area contributed by atoms with Crippen LogP contribution in [-0.2, 0) is 11.3 Å². The van der Waals surface area contributed by atoms with Crippen molar-refractivity contribution in [3.8, 4) is 11.5 Å². The van der Waals surface area contributed by atoms with Crippen LogP contribution in [0.5, 0.6) is 11.5 Å². The Bertz CT molecular complexity index is 743. The zero-order valence-corrected chi connectivity index (χ0v) is 16.8. The molecule has 3 N–H and O–H groups in total. The highest BCUT2D eigenvalue weighted by atomic mass is 16.5. The molecule has 0 fully saturated rings. The van der Waals surface area contributed by atoms with E-state index in [1.807, 2.05) is 57.2 Å². The van der Waals surface area contributed by atoms with Gasteiger partial charge in [-0.05, 0) is 50.1 Å². The first-order chi connectivity index (χ1) is 13.5. The van der Waals surface area contributed by atoms with Crippen LogP contribution in [0.25, 0.3) is 0 Å². The van der Waals surface area contributed by atoms with Crippen LogP contribution in [0.3, 0.4) is 0 Å². The number of benzene rings is 2.